The zero-order valence-electron chi connectivity index (χ0n) is 8.51. The fourth-order valence-electron chi connectivity index (χ4n) is 2.08. The van der Waals surface area contributed by atoms with Crippen LogP contribution in [-0.2, 0) is 5.79 Å². The number of anilines is 2. The molecule has 0 spiro atoms. The predicted molar refractivity (Wildman–Crippen MR) is 61.4 cm³/mol. The number of benzene rings is 2. The highest BCUT2D eigenvalue weighted by molar-refractivity contribution is 5.73. The maximum absolute atomic E-state index is 10.2. The fourth-order valence-corrected chi connectivity index (χ4v) is 2.08. The Morgan fingerprint density at radius 1 is 0.750 bits per heavy atom. The molecule has 0 unspecified atom stereocenters. The molecule has 1 aliphatic rings. The third-order valence-corrected chi connectivity index (χ3v) is 2.87. The van der Waals surface area contributed by atoms with Crippen molar-refractivity contribution in [2.45, 2.75) is 5.79 Å². The molecular formula is C13H11NO2. The maximum atomic E-state index is 10.2. The van der Waals surface area contributed by atoms with Crippen molar-refractivity contribution < 1.29 is 10.2 Å². The van der Waals surface area contributed by atoms with E-state index in [2.05, 4.69) is 5.32 Å². The standard InChI is InChI=1S/C13H11NO2/c15-13(16)9-5-1-3-7-11(9)14-12-8-4-2-6-10(12)13/h1-8,14-16H. The summed E-state index contributed by atoms with van der Waals surface area (Å²) in [5, 5.41) is 23.6. The van der Waals surface area contributed by atoms with Gasteiger partial charge in [-0.3, -0.25) is 0 Å². The van der Waals surface area contributed by atoms with Gasteiger partial charge in [-0.2, -0.15) is 0 Å². The molecular weight excluding hydrogens is 202 g/mol. The first-order chi connectivity index (χ1) is 7.69. The predicted octanol–water partition coefficient (Wildman–Crippen LogP) is 1.93. The minimum atomic E-state index is -1.92. The highest BCUT2D eigenvalue weighted by Crippen LogP contribution is 2.41. The maximum Gasteiger partial charge on any atom is 0.221 e. The summed E-state index contributed by atoms with van der Waals surface area (Å²) in [6.07, 6.45) is 0. The zero-order valence-corrected chi connectivity index (χ0v) is 8.51. The molecule has 2 aromatic rings. The van der Waals surface area contributed by atoms with E-state index in [1.165, 1.54) is 0 Å². The van der Waals surface area contributed by atoms with E-state index >= 15 is 0 Å². The van der Waals surface area contributed by atoms with Crippen molar-refractivity contribution in [2.24, 2.45) is 0 Å². The second-order valence-electron chi connectivity index (χ2n) is 3.89. The summed E-state index contributed by atoms with van der Waals surface area (Å²) in [5.41, 5.74) is 2.42. The first kappa shape index (κ1) is 9.39. The van der Waals surface area contributed by atoms with Gasteiger partial charge in [-0.15, -0.1) is 0 Å². The summed E-state index contributed by atoms with van der Waals surface area (Å²) in [4.78, 5) is 0. The van der Waals surface area contributed by atoms with Crippen LogP contribution in [0.1, 0.15) is 11.1 Å². The minimum absolute atomic E-state index is 0.480. The van der Waals surface area contributed by atoms with Gasteiger partial charge in [0.1, 0.15) is 0 Å². The van der Waals surface area contributed by atoms with E-state index in [4.69, 9.17) is 0 Å². The van der Waals surface area contributed by atoms with E-state index < -0.39 is 5.79 Å². The lowest BCUT2D eigenvalue weighted by atomic mass is 9.91. The number of fused-ring (bicyclic) bond motifs is 2. The van der Waals surface area contributed by atoms with Gasteiger partial charge in [0.15, 0.2) is 0 Å². The molecule has 0 saturated heterocycles. The Labute approximate surface area is 93.0 Å². The first-order valence-electron chi connectivity index (χ1n) is 5.10. The van der Waals surface area contributed by atoms with Gasteiger partial charge in [-0.1, -0.05) is 36.4 Å². The number of para-hydroxylation sites is 2. The van der Waals surface area contributed by atoms with E-state index in [0.717, 1.165) is 11.4 Å². The van der Waals surface area contributed by atoms with E-state index in [-0.39, 0.29) is 0 Å². The summed E-state index contributed by atoms with van der Waals surface area (Å²) in [6.45, 7) is 0. The highest BCUT2D eigenvalue weighted by atomic mass is 16.5. The van der Waals surface area contributed by atoms with Gasteiger partial charge in [0.05, 0.1) is 0 Å². The number of nitrogens with one attached hydrogen (secondary N) is 1. The van der Waals surface area contributed by atoms with Crippen LogP contribution in [0.4, 0.5) is 11.4 Å². The first-order valence-corrected chi connectivity index (χ1v) is 5.10. The van der Waals surface area contributed by atoms with Gasteiger partial charge in [-0.25, -0.2) is 0 Å². The molecule has 0 radical (unpaired) electrons. The van der Waals surface area contributed by atoms with Crippen molar-refractivity contribution in [1.29, 1.82) is 0 Å². The number of hydrogen-bond donors (Lipinski definition) is 3. The third-order valence-electron chi connectivity index (χ3n) is 2.87. The molecule has 80 valence electrons. The van der Waals surface area contributed by atoms with Crippen molar-refractivity contribution in [3.8, 4) is 0 Å². The molecule has 3 N–H and O–H groups in total. The fraction of sp³-hybridized carbons (Fsp3) is 0.0769. The molecule has 16 heavy (non-hydrogen) atoms. The van der Waals surface area contributed by atoms with Crippen molar-refractivity contribution >= 4 is 11.4 Å². The molecule has 2 aromatic carbocycles. The lowest BCUT2D eigenvalue weighted by Crippen LogP contribution is -2.31. The topological polar surface area (TPSA) is 52.5 Å². The molecule has 0 amide bonds. The summed E-state index contributed by atoms with van der Waals surface area (Å²) >= 11 is 0. The van der Waals surface area contributed by atoms with Crippen LogP contribution in [0.25, 0.3) is 0 Å². The third kappa shape index (κ3) is 1.16. The summed E-state index contributed by atoms with van der Waals surface area (Å²) in [6, 6.07) is 14.4. The largest absolute Gasteiger partial charge is 0.358 e. The molecule has 1 aliphatic heterocycles. The van der Waals surface area contributed by atoms with Crippen LogP contribution in [0.5, 0.6) is 0 Å². The lowest BCUT2D eigenvalue weighted by molar-refractivity contribution is -0.131. The Morgan fingerprint density at radius 2 is 1.19 bits per heavy atom. The van der Waals surface area contributed by atoms with E-state index in [1.54, 1.807) is 24.3 Å². The van der Waals surface area contributed by atoms with Gasteiger partial charge in [0, 0.05) is 22.5 Å². The van der Waals surface area contributed by atoms with Crippen LogP contribution in [0.3, 0.4) is 0 Å². The van der Waals surface area contributed by atoms with Crippen LogP contribution >= 0.6 is 0 Å². The normalized spacial score (nSPS) is 15.9. The van der Waals surface area contributed by atoms with Crippen molar-refractivity contribution in [2.75, 3.05) is 5.32 Å². The number of aliphatic hydroxyl groups is 2. The number of rotatable bonds is 0. The molecule has 3 nitrogen and oxygen atoms in total. The van der Waals surface area contributed by atoms with Gasteiger partial charge in [0.25, 0.3) is 0 Å². The molecule has 0 aromatic heterocycles. The Kier molecular flexibility index (Phi) is 1.80. The zero-order chi connectivity index (χ0) is 11.2. The van der Waals surface area contributed by atoms with Crippen molar-refractivity contribution in [1.82, 2.24) is 0 Å². The molecule has 0 atom stereocenters. The number of hydrogen-bond acceptors (Lipinski definition) is 3. The molecule has 1 heterocycles. The Morgan fingerprint density at radius 3 is 1.69 bits per heavy atom. The lowest BCUT2D eigenvalue weighted by Gasteiger charge is -2.32. The van der Waals surface area contributed by atoms with Crippen LogP contribution in [-0.4, -0.2) is 10.2 Å². The second-order valence-corrected chi connectivity index (χ2v) is 3.89. The average molecular weight is 213 g/mol. The molecule has 0 aliphatic carbocycles. The van der Waals surface area contributed by atoms with Gasteiger partial charge < -0.3 is 15.5 Å². The monoisotopic (exact) mass is 213 g/mol. The van der Waals surface area contributed by atoms with Crippen molar-refractivity contribution in [3.05, 3.63) is 59.7 Å². The Bertz CT molecular complexity index is 502. The second kappa shape index (κ2) is 3.07. The van der Waals surface area contributed by atoms with E-state index in [9.17, 15) is 10.2 Å². The summed E-state index contributed by atoms with van der Waals surface area (Å²) < 4.78 is 0. The molecule has 3 rings (SSSR count). The van der Waals surface area contributed by atoms with Gasteiger partial charge in [0.2, 0.25) is 5.79 Å². The molecule has 0 fully saturated rings. The molecule has 3 heteroatoms. The van der Waals surface area contributed by atoms with Gasteiger partial charge >= 0.3 is 0 Å². The van der Waals surface area contributed by atoms with E-state index in [0.29, 0.717) is 11.1 Å². The molecule has 0 saturated carbocycles. The summed E-state index contributed by atoms with van der Waals surface area (Å²) in [5.74, 6) is -1.92. The van der Waals surface area contributed by atoms with E-state index in [1.807, 2.05) is 24.3 Å². The van der Waals surface area contributed by atoms with Crippen LogP contribution in [0.15, 0.2) is 48.5 Å². The van der Waals surface area contributed by atoms with Crippen LogP contribution in [0, 0.1) is 0 Å². The van der Waals surface area contributed by atoms with Crippen LogP contribution < -0.4 is 5.32 Å². The van der Waals surface area contributed by atoms with Gasteiger partial charge in [-0.05, 0) is 12.1 Å². The minimum Gasteiger partial charge on any atom is -0.358 e. The quantitative estimate of drug-likeness (QED) is 0.586. The SMILES string of the molecule is OC1(O)c2ccccc2Nc2ccccc21. The van der Waals surface area contributed by atoms with Crippen molar-refractivity contribution in [3.63, 3.8) is 0 Å². The highest BCUT2D eigenvalue weighted by Gasteiger charge is 2.36. The average Bonchev–Trinajstić information content (AvgIpc) is 2.29. The smallest absolute Gasteiger partial charge is 0.221 e. The Balaban J connectivity index is 2.28. The van der Waals surface area contributed by atoms with Crippen LogP contribution in [0.2, 0.25) is 0 Å². The molecule has 0 bridgehead atoms. The Hall–Kier alpha value is -1.84. The summed E-state index contributed by atoms with van der Waals surface area (Å²) in [7, 11) is 0.